The zero-order valence-corrected chi connectivity index (χ0v) is 19.2. The summed E-state index contributed by atoms with van der Waals surface area (Å²) in [6, 6.07) is 9.47. The van der Waals surface area contributed by atoms with Gasteiger partial charge in [0, 0.05) is 29.8 Å². The van der Waals surface area contributed by atoms with Gasteiger partial charge < -0.3 is 14.7 Å². The van der Waals surface area contributed by atoms with Gasteiger partial charge in [-0.25, -0.2) is 13.0 Å². The van der Waals surface area contributed by atoms with Crippen molar-refractivity contribution in [2.45, 2.75) is 11.8 Å². The second-order valence-electron chi connectivity index (χ2n) is 7.56. The molecule has 6 nitrogen and oxygen atoms in total. The first-order valence-electron chi connectivity index (χ1n) is 9.85. The molecule has 3 aromatic rings. The monoisotopic (exact) mass is 492 g/mol. The number of ether oxygens (including phenoxy) is 1. The number of phenolic OH excluding ortho intramolecular Hbond substituents is 1. The number of aryl methyl sites for hydroxylation is 1. The minimum atomic E-state index is -2.22. The van der Waals surface area contributed by atoms with Crippen LogP contribution in [0, 0.1) is 18.6 Å². The number of likely N-dealkylation sites (N-methyl/N-ethyl adjacent to an activating group) is 1. The Balaban J connectivity index is 1.91. The van der Waals surface area contributed by atoms with E-state index in [-0.39, 0.29) is 39.9 Å². The molecule has 33 heavy (non-hydrogen) atoms. The Morgan fingerprint density at radius 3 is 2.64 bits per heavy atom. The van der Waals surface area contributed by atoms with Crippen LogP contribution in [0.3, 0.4) is 0 Å². The molecule has 1 amide bonds. The average Bonchev–Trinajstić information content (AvgIpc) is 2.77. The number of carbonyl (C=O) groups is 1. The molecule has 4 rings (SSSR count). The Morgan fingerprint density at radius 2 is 1.88 bits per heavy atom. The smallest absolute Gasteiger partial charge is 0.253 e. The molecule has 1 aliphatic heterocycles. The van der Waals surface area contributed by atoms with Gasteiger partial charge in [-0.15, -0.1) is 0 Å². The number of carbonyl (C=O) groups excluding carboxylic acids is 1. The normalized spacial score (nSPS) is 16.2. The molecule has 3 aromatic carbocycles. The molecule has 1 atom stereocenters. The predicted molar refractivity (Wildman–Crippen MR) is 122 cm³/mol. The maximum Gasteiger partial charge on any atom is 0.253 e. The standard InChI is InChI=1S/C23H19ClF2N2O4S/c1-12-3-4-20-15(7-12)14-10-19(18(26)11-17(14)25)27-33(31)21-9-13(8-16(24)22(21)29)23(30)28(2)5-6-32-20/h3-4,7-11,27,29H,5-6H2,1-2H3. The van der Waals surface area contributed by atoms with Gasteiger partial charge >= 0.3 is 0 Å². The molecule has 1 unspecified atom stereocenters. The van der Waals surface area contributed by atoms with Crippen molar-refractivity contribution in [3.63, 3.8) is 0 Å². The lowest BCUT2D eigenvalue weighted by atomic mass is 10.0. The summed E-state index contributed by atoms with van der Waals surface area (Å²) < 4.78 is 50.7. The predicted octanol–water partition coefficient (Wildman–Crippen LogP) is 4.90. The molecule has 2 N–H and O–H groups in total. The lowest BCUT2D eigenvalue weighted by Crippen LogP contribution is -2.31. The van der Waals surface area contributed by atoms with Crippen LogP contribution in [0.2, 0.25) is 5.02 Å². The summed E-state index contributed by atoms with van der Waals surface area (Å²) >= 11 is 6.05. The number of anilines is 1. The minimum Gasteiger partial charge on any atom is -0.505 e. The molecule has 0 spiro atoms. The Bertz CT molecular complexity index is 1300. The van der Waals surface area contributed by atoms with E-state index < -0.39 is 34.3 Å². The van der Waals surface area contributed by atoms with Gasteiger partial charge in [0.2, 0.25) is 0 Å². The molecule has 0 fully saturated rings. The van der Waals surface area contributed by atoms with Crippen LogP contribution in [0.1, 0.15) is 15.9 Å². The van der Waals surface area contributed by atoms with Gasteiger partial charge in [-0.3, -0.25) is 9.52 Å². The van der Waals surface area contributed by atoms with Crippen molar-refractivity contribution in [3.05, 3.63) is 70.2 Å². The van der Waals surface area contributed by atoms with E-state index in [2.05, 4.69) is 4.72 Å². The van der Waals surface area contributed by atoms with Crippen LogP contribution in [0.25, 0.3) is 11.1 Å². The molecule has 172 valence electrons. The highest BCUT2D eigenvalue weighted by Crippen LogP contribution is 2.37. The van der Waals surface area contributed by atoms with E-state index in [1.807, 2.05) is 6.92 Å². The quantitative estimate of drug-likeness (QED) is 0.468. The first kappa shape index (κ1) is 23.0. The number of hydrogen-bond acceptors (Lipinski definition) is 4. The number of fused-ring (bicyclic) bond motifs is 6. The van der Waals surface area contributed by atoms with Crippen molar-refractivity contribution >= 4 is 34.2 Å². The molecular formula is C23H19ClF2N2O4S. The molecular weight excluding hydrogens is 474 g/mol. The summed E-state index contributed by atoms with van der Waals surface area (Å²) in [4.78, 5) is 14.0. The van der Waals surface area contributed by atoms with Crippen LogP contribution >= 0.6 is 11.6 Å². The molecule has 4 bridgehead atoms. The van der Waals surface area contributed by atoms with Gasteiger partial charge in [-0.1, -0.05) is 23.2 Å². The van der Waals surface area contributed by atoms with Crippen LogP contribution in [-0.2, 0) is 11.0 Å². The SMILES string of the molecule is Cc1ccc2c(c1)-c1cc(c(F)cc1F)NS(=O)c1cc(cc(Cl)c1O)C(=O)N(C)CCO2. The average molecular weight is 493 g/mol. The van der Waals surface area contributed by atoms with E-state index in [0.29, 0.717) is 17.4 Å². The first-order chi connectivity index (χ1) is 15.7. The fourth-order valence-corrected chi connectivity index (χ4v) is 4.68. The molecule has 1 aliphatic rings. The Morgan fingerprint density at radius 1 is 1.12 bits per heavy atom. The molecule has 0 aromatic heterocycles. The van der Waals surface area contributed by atoms with Crippen LogP contribution in [-0.4, -0.2) is 40.3 Å². The van der Waals surface area contributed by atoms with Gasteiger partial charge in [0.25, 0.3) is 5.91 Å². The number of phenols is 1. The highest BCUT2D eigenvalue weighted by Gasteiger charge is 2.23. The third-order valence-electron chi connectivity index (χ3n) is 5.19. The van der Waals surface area contributed by atoms with E-state index >= 15 is 0 Å². The number of aromatic hydroxyl groups is 1. The molecule has 0 saturated carbocycles. The van der Waals surface area contributed by atoms with Crippen LogP contribution < -0.4 is 9.46 Å². The van der Waals surface area contributed by atoms with E-state index in [9.17, 15) is 22.9 Å². The van der Waals surface area contributed by atoms with Crippen molar-refractivity contribution in [2.24, 2.45) is 0 Å². The number of benzene rings is 3. The minimum absolute atomic E-state index is 0.0323. The summed E-state index contributed by atoms with van der Waals surface area (Å²) in [5.74, 6) is -2.44. The second kappa shape index (κ2) is 8.99. The Hall–Kier alpha value is -3.17. The lowest BCUT2D eigenvalue weighted by Gasteiger charge is -2.19. The molecule has 0 saturated heterocycles. The van der Waals surface area contributed by atoms with Crippen molar-refractivity contribution in [2.75, 3.05) is 24.9 Å². The van der Waals surface area contributed by atoms with Gasteiger partial charge in [0.1, 0.15) is 28.9 Å². The highest BCUT2D eigenvalue weighted by atomic mass is 35.5. The Kier molecular flexibility index (Phi) is 6.27. The summed E-state index contributed by atoms with van der Waals surface area (Å²) in [5, 5.41) is 10.1. The summed E-state index contributed by atoms with van der Waals surface area (Å²) in [6.45, 7) is 2.09. The summed E-state index contributed by atoms with van der Waals surface area (Å²) in [7, 11) is -0.674. The topological polar surface area (TPSA) is 78.9 Å². The number of nitrogens with one attached hydrogen (secondary N) is 1. The number of amides is 1. The maximum atomic E-state index is 14.8. The third-order valence-corrected chi connectivity index (χ3v) is 6.59. The number of rotatable bonds is 0. The van der Waals surface area contributed by atoms with Crippen LogP contribution in [0.15, 0.2) is 47.4 Å². The van der Waals surface area contributed by atoms with E-state index in [1.165, 1.54) is 23.1 Å². The number of halogens is 3. The first-order valence-corrected chi connectivity index (χ1v) is 11.4. The van der Waals surface area contributed by atoms with Crippen molar-refractivity contribution in [3.8, 4) is 22.6 Å². The number of nitrogens with zero attached hydrogens (tertiary/aromatic N) is 1. The Labute approximate surface area is 196 Å². The van der Waals surface area contributed by atoms with Crippen LogP contribution in [0.5, 0.6) is 11.5 Å². The van der Waals surface area contributed by atoms with Gasteiger partial charge in [0.05, 0.1) is 17.3 Å². The zero-order valence-electron chi connectivity index (χ0n) is 17.6. The second-order valence-corrected chi connectivity index (χ2v) is 9.15. The molecule has 1 heterocycles. The van der Waals surface area contributed by atoms with Gasteiger partial charge in [0.15, 0.2) is 16.7 Å². The van der Waals surface area contributed by atoms with Crippen molar-refractivity contribution in [1.82, 2.24) is 4.90 Å². The third kappa shape index (κ3) is 4.51. The van der Waals surface area contributed by atoms with Gasteiger partial charge in [-0.2, -0.15) is 0 Å². The van der Waals surface area contributed by atoms with E-state index in [0.717, 1.165) is 5.56 Å². The fraction of sp³-hybridized carbons (Fsp3) is 0.174. The molecule has 10 heteroatoms. The van der Waals surface area contributed by atoms with Gasteiger partial charge in [-0.05, 0) is 37.3 Å². The van der Waals surface area contributed by atoms with Crippen molar-refractivity contribution in [1.29, 1.82) is 0 Å². The maximum absolute atomic E-state index is 14.8. The van der Waals surface area contributed by atoms with Crippen molar-refractivity contribution < 1.29 is 27.6 Å². The van der Waals surface area contributed by atoms with Crippen LogP contribution in [0.4, 0.5) is 14.5 Å². The largest absolute Gasteiger partial charge is 0.505 e. The summed E-state index contributed by atoms with van der Waals surface area (Å²) in [6.07, 6.45) is 0. The zero-order chi connectivity index (χ0) is 23.9. The highest BCUT2D eigenvalue weighted by molar-refractivity contribution is 7.86. The van der Waals surface area contributed by atoms with E-state index in [1.54, 1.807) is 25.2 Å². The van der Waals surface area contributed by atoms with E-state index in [4.69, 9.17) is 16.3 Å². The lowest BCUT2D eigenvalue weighted by molar-refractivity contribution is 0.0773. The number of hydrogen-bond donors (Lipinski definition) is 2. The molecule has 0 radical (unpaired) electrons. The summed E-state index contributed by atoms with van der Waals surface area (Å²) in [5.41, 5.74) is 1.04. The fourth-order valence-electron chi connectivity index (χ4n) is 3.42. The molecule has 0 aliphatic carbocycles.